The van der Waals surface area contributed by atoms with Crippen molar-refractivity contribution in [1.29, 1.82) is 0 Å². The Balaban J connectivity index is 1.28. The van der Waals surface area contributed by atoms with E-state index in [0.717, 1.165) is 30.7 Å². The Morgan fingerprint density at radius 1 is 1.04 bits per heavy atom. The molecule has 4 fully saturated rings. The zero-order chi connectivity index (χ0) is 18.3. The van der Waals surface area contributed by atoms with E-state index in [4.69, 9.17) is 0 Å². The highest BCUT2D eigenvalue weighted by atomic mass is 16.2. The monoisotopic (exact) mass is 357 g/mol. The Morgan fingerprint density at radius 3 is 2.12 bits per heavy atom. The number of carbonyl (C=O) groups excluding carboxylic acids is 2. The highest BCUT2D eigenvalue weighted by Gasteiger charge is 2.54. The average Bonchev–Trinajstić information content (AvgIpc) is 2.55. The molecule has 0 radical (unpaired) electrons. The first-order valence-electron chi connectivity index (χ1n) is 9.57. The quantitative estimate of drug-likeness (QED) is 0.699. The highest BCUT2D eigenvalue weighted by molar-refractivity contribution is 5.88. The fourth-order valence-electron chi connectivity index (χ4n) is 5.69. The summed E-state index contributed by atoms with van der Waals surface area (Å²) in [6.07, 6.45) is 6.90. The van der Waals surface area contributed by atoms with Gasteiger partial charge in [0.25, 0.3) is 5.91 Å². The van der Waals surface area contributed by atoms with Crippen LogP contribution in [0, 0.1) is 37.0 Å². The van der Waals surface area contributed by atoms with Crippen LogP contribution in [-0.4, -0.2) is 28.3 Å². The molecule has 1 aromatic rings. The van der Waals surface area contributed by atoms with E-state index in [1.807, 2.05) is 19.9 Å². The number of carbonyl (C=O) groups is 2. The summed E-state index contributed by atoms with van der Waals surface area (Å²) in [6, 6.07) is 1.86. The first-order chi connectivity index (χ1) is 12.4. The van der Waals surface area contributed by atoms with Crippen LogP contribution in [0.4, 0.5) is 5.95 Å². The first-order valence-corrected chi connectivity index (χ1v) is 9.57. The predicted molar refractivity (Wildman–Crippen MR) is 96.9 cm³/mol. The van der Waals surface area contributed by atoms with Gasteiger partial charge >= 0.3 is 0 Å². The predicted octanol–water partition coefficient (Wildman–Crippen LogP) is 1.87. The van der Waals surface area contributed by atoms with Crippen LogP contribution in [-0.2, 0) is 9.59 Å². The third kappa shape index (κ3) is 3.39. The van der Waals surface area contributed by atoms with Crippen LogP contribution < -0.4 is 16.2 Å². The van der Waals surface area contributed by atoms with Crippen molar-refractivity contribution < 1.29 is 9.59 Å². The van der Waals surface area contributed by atoms with Gasteiger partial charge in [0.1, 0.15) is 0 Å². The number of hydrogen-bond donors (Lipinski definition) is 3. The Hall–Kier alpha value is -2.18. The van der Waals surface area contributed by atoms with Gasteiger partial charge in [-0.1, -0.05) is 0 Å². The molecule has 7 heteroatoms. The van der Waals surface area contributed by atoms with Gasteiger partial charge in [0.2, 0.25) is 11.9 Å². The molecular formula is C19H27N5O2. The summed E-state index contributed by atoms with van der Waals surface area (Å²) in [6.45, 7) is 3.71. The average molecular weight is 357 g/mol. The van der Waals surface area contributed by atoms with Gasteiger partial charge in [-0.15, -0.1) is 0 Å². The van der Waals surface area contributed by atoms with E-state index in [9.17, 15) is 9.59 Å². The summed E-state index contributed by atoms with van der Waals surface area (Å²) < 4.78 is 0. The number of hydrogen-bond acceptors (Lipinski definition) is 5. The number of aromatic nitrogens is 2. The first kappa shape index (κ1) is 17.2. The van der Waals surface area contributed by atoms with Gasteiger partial charge in [-0.3, -0.25) is 20.4 Å². The van der Waals surface area contributed by atoms with Crippen LogP contribution in [0.2, 0.25) is 0 Å². The molecule has 5 rings (SSSR count). The molecule has 26 heavy (non-hydrogen) atoms. The lowest BCUT2D eigenvalue weighted by molar-refractivity contribution is -0.147. The molecule has 2 amide bonds. The number of amides is 2. The lowest BCUT2D eigenvalue weighted by Crippen LogP contribution is -2.54. The lowest BCUT2D eigenvalue weighted by Gasteiger charge is -2.55. The van der Waals surface area contributed by atoms with E-state index < -0.39 is 0 Å². The van der Waals surface area contributed by atoms with E-state index in [1.54, 1.807) is 0 Å². The minimum absolute atomic E-state index is 0.0294. The third-order valence-corrected chi connectivity index (χ3v) is 6.23. The van der Waals surface area contributed by atoms with Crippen molar-refractivity contribution >= 4 is 17.8 Å². The maximum atomic E-state index is 12.8. The molecule has 0 aliphatic heterocycles. The van der Waals surface area contributed by atoms with Gasteiger partial charge in [0.15, 0.2) is 0 Å². The zero-order valence-electron chi connectivity index (χ0n) is 15.5. The van der Waals surface area contributed by atoms with Crippen molar-refractivity contribution in [1.82, 2.24) is 20.7 Å². The van der Waals surface area contributed by atoms with E-state index in [-0.39, 0.29) is 23.8 Å². The van der Waals surface area contributed by atoms with E-state index in [0.29, 0.717) is 23.7 Å². The molecule has 0 atom stereocenters. The number of hydrazine groups is 1. The van der Waals surface area contributed by atoms with Crippen LogP contribution in [0.5, 0.6) is 0 Å². The fourth-order valence-corrected chi connectivity index (χ4v) is 5.69. The van der Waals surface area contributed by atoms with Gasteiger partial charge in [0, 0.05) is 16.8 Å². The van der Waals surface area contributed by atoms with Crippen molar-refractivity contribution in [3.63, 3.8) is 0 Å². The highest BCUT2D eigenvalue weighted by Crippen LogP contribution is 2.60. The lowest BCUT2D eigenvalue weighted by atomic mass is 9.49. The van der Waals surface area contributed by atoms with E-state index in [1.165, 1.54) is 19.3 Å². The Labute approximate surface area is 153 Å². The van der Waals surface area contributed by atoms with E-state index >= 15 is 0 Å². The second-order valence-electron chi connectivity index (χ2n) is 8.53. The SMILES string of the molecule is Cc1cc(C)nc(NNC(=O)CNC(=O)C23CC4CC(CC(C4)C2)C3)n1. The maximum Gasteiger partial charge on any atom is 0.257 e. The topological polar surface area (TPSA) is 96.0 Å². The molecule has 3 N–H and O–H groups in total. The van der Waals surface area contributed by atoms with Crippen molar-refractivity contribution in [3.8, 4) is 0 Å². The van der Waals surface area contributed by atoms with Crippen LogP contribution in [0.1, 0.15) is 49.9 Å². The van der Waals surface area contributed by atoms with Crippen LogP contribution in [0.15, 0.2) is 6.07 Å². The number of anilines is 1. The Kier molecular flexibility index (Phi) is 4.32. The molecule has 1 aromatic heterocycles. The number of aryl methyl sites for hydroxylation is 2. The minimum atomic E-state index is -0.300. The van der Waals surface area contributed by atoms with Gasteiger partial charge in [-0.05, 0) is 76.2 Å². The van der Waals surface area contributed by atoms with E-state index in [2.05, 4.69) is 26.1 Å². The molecule has 0 unspecified atom stereocenters. The number of nitrogens with one attached hydrogen (secondary N) is 3. The third-order valence-electron chi connectivity index (χ3n) is 6.23. The van der Waals surface area contributed by atoms with Crippen LogP contribution in [0.3, 0.4) is 0 Å². The molecule has 7 nitrogen and oxygen atoms in total. The molecule has 0 saturated heterocycles. The van der Waals surface area contributed by atoms with Crippen LogP contribution in [0.25, 0.3) is 0 Å². The second kappa shape index (κ2) is 6.52. The zero-order valence-corrected chi connectivity index (χ0v) is 15.5. The Bertz CT molecular complexity index is 677. The summed E-state index contributed by atoms with van der Waals surface area (Å²) in [5.74, 6) is 2.25. The molecule has 4 bridgehead atoms. The summed E-state index contributed by atoms with van der Waals surface area (Å²) in [5, 5.41) is 2.87. The van der Waals surface area contributed by atoms with Gasteiger partial charge in [-0.2, -0.15) is 0 Å². The van der Waals surface area contributed by atoms with Crippen molar-refractivity contribution in [2.24, 2.45) is 23.2 Å². The summed E-state index contributed by atoms with van der Waals surface area (Å²) in [5.41, 5.74) is 6.69. The number of nitrogens with zero attached hydrogens (tertiary/aromatic N) is 2. The van der Waals surface area contributed by atoms with Crippen molar-refractivity contribution in [3.05, 3.63) is 17.5 Å². The maximum absolute atomic E-state index is 12.8. The van der Waals surface area contributed by atoms with Gasteiger partial charge < -0.3 is 5.32 Å². The molecule has 0 aromatic carbocycles. The largest absolute Gasteiger partial charge is 0.346 e. The minimum Gasteiger partial charge on any atom is -0.346 e. The van der Waals surface area contributed by atoms with Crippen molar-refractivity contribution in [2.45, 2.75) is 52.4 Å². The molecule has 0 spiro atoms. The fraction of sp³-hybridized carbons (Fsp3) is 0.684. The second-order valence-corrected chi connectivity index (χ2v) is 8.53. The molecule has 4 saturated carbocycles. The summed E-state index contributed by atoms with van der Waals surface area (Å²) in [7, 11) is 0. The molecular weight excluding hydrogens is 330 g/mol. The van der Waals surface area contributed by atoms with Gasteiger partial charge in [-0.25, -0.2) is 9.97 Å². The molecule has 140 valence electrons. The summed E-state index contributed by atoms with van der Waals surface area (Å²) >= 11 is 0. The Morgan fingerprint density at radius 2 is 1.58 bits per heavy atom. The summed E-state index contributed by atoms with van der Waals surface area (Å²) in [4.78, 5) is 33.3. The number of rotatable bonds is 5. The molecule has 4 aliphatic rings. The normalized spacial score (nSPS) is 31.5. The van der Waals surface area contributed by atoms with Crippen LogP contribution >= 0.6 is 0 Å². The smallest absolute Gasteiger partial charge is 0.257 e. The molecule has 4 aliphatic carbocycles. The van der Waals surface area contributed by atoms with Crippen molar-refractivity contribution in [2.75, 3.05) is 12.0 Å². The molecule has 1 heterocycles. The standard InChI is InChI=1S/C19H27N5O2/c1-11-3-12(2)22-18(21-11)24-23-16(25)10-20-17(26)19-7-13-4-14(8-19)6-15(5-13)9-19/h3,13-15H,4-10H2,1-2H3,(H,20,26)(H,23,25)(H,21,22,24). The van der Waals surface area contributed by atoms with Gasteiger partial charge in [0.05, 0.1) is 6.54 Å².